The van der Waals surface area contributed by atoms with E-state index < -0.39 is 0 Å². The molecule has 214 valence electrons. The van der Waals surface area contributed by atoms with E-state index in [4.69, 9.17) is 11.0 Å². The van der Waals surface area contributed by atoms with E-state index in [0.29, 0.717) is 0 Å². The molecule has 2 aliphatic heterocycles. The zero-order chi connectivity index (χ0) is 30.1. The van der Waals surface area contributed by atoms with E-state index in [1.54, 1.807) is 0 Å². The Morgan fingerprint density at radius 2 is 1.49 bits per heavy atom. The van der Waals surface area contributed by atoms with Gasteiger partial charge in [0.15, 0.2) is 0 Å². The lowest BCUT2D eigenvalue weighted by Gasteiger charge is -2.32. The lowest BCUT2D eigenvalue weighted by molar-refractivity contribution is 0.596. The molecule has 2 aliphatic rings. The average Bonchev–Trinajstić information content (AvgIpc) is 3.72. The zero-order valence-corrected chi connectivity index (χ0v) is 26.0. The number of rotatable bonds is 4. The average molecular weight is 595 g/mol. The molecule has 0 radical (unpaired) electrons. The monoisotopic (exact) mass is 594 g/mol. The summed E-state index contributed by atoms with van der Waals surface area (Å²) in [6.45, 7) is 7.15. The molecule has 5 aromatic carbocycles. The van der Waals surface area contributed by atoms with Crippen molar-refractivity contribution in [2.24, 2.45) is 0 Å². The second-order valence-corrected chi connectivity index (χ2v) is 13.7. The van der Waals surface area contributed by atoms with Crippen molar-refractivity contribution in [3.63, 3.8) is 0 Å². The summed E-state index contributed by atoms with van der Waals surface area (Å²) in [6, 6.07) is 46.9. The summed E-state index contributed by atoms with van der Waals surface area (Å²) in [7, 11) is 0. The summed E-state index contributed by atoms with van der Waals surface area (Å²) in [6.07, 6.45) is 2.80. The van der Waals surface area contributed by atoms with Crippen LogP contribution in [0, 0.1) is 6.92 Å². The molecule has 2 atom stereocenters. The largest absolute Gasteiger partial charge is 0.478 e. The molecule has 2 unspecified atom stereocenters. The van der Waals surface area contributed by atoms with Gasteiger partial charge in [-0.15, -0.1) is 11.3 Å². The van der Waals surface area contributed by atoms with Crippen LogP contribution >= 0.6 is 11.3 Å². The Hall–Kier alpha value is -4.86. The van der Waals surface area contributed by atoms with E-state index in [2.05, 4.69) is 134 Å². The van der Waals surface area contributed by atoms with Crippen LogP contribution in [0.4, 0.5) is 0 Å². The molecule has 9 rings (SSSR count). The molecule has 0 saturated carbocycles. The number of allylic oxidation sites excluding steroid dienone is 1. The van der Waals surface area contributed by atoms with Crippen LogP contribution in [-0.2, 0) is 6.42 Å². The Balaban J connectivity index is 1.35. The molecule has 0 aliphatic carbocycles. The fourth-order valence-corrected chi connectivity index (χ4v) is 9.03. The van der Waals surface area contributed by atoms with Gasteiger partial charge in [0, 0.05) is 21.4 Å². The van der Waals surface area contributed by atoms with Gasteiger partial charge >= 0.3 is 0 Å². The number of hydrogen-bond acceptors (Lipinski definition) is 2. The highest BCUT2D eigenvalue weighted by atomic mass is 32.1. The molecule has 1 nitrogen and oxygen atoms in total. The molecule has 0 bridgehead atoms. The maximum atomic E-state index is 6.55. The van der Waals surface area contributed by atoms with E-state index in [1.807, 2.05) is 17.6 Å². The highest BCUT2D eigenvalue weighted by Crippen LogP contribution is 2.43. The van der Waals surface area contributed by atoms with Gasteiger partial charge in [-0.2, -0.15) is 0 Å². The lowest BCUT2D eigenvalue weighted by atomic mass is 9.34. The molecule has 0 spiro atoms. The minimum Gasteiger partial charge on any atom is -0.478 e. The molecule has 0 N–H and O–H groups in total. The van der Waals surface area contributed by atoms with Gasteiger partial charge in [-0.3, -0.25) is 0 Å². The summed E-state index contributed by atoms with van der Waals surface area (Å²) in [5.41, 5.74) is 15.4. The Bertz CT molecular complexity index is 2230. The third-order valence-electron chi connectivity index (χ3n) is 9.91. The molecule has 0 saturated heterocycles. The van der Waals surface area contributed by atoms with Gasteiger partial charge in [0.1, 0.15) is 0 Å². The van der Waals surface area contributed by atoms with Crippen molar-refractivity contribution in [1.29, 1.82) is 0 Å². The predicted octanol–water partition coefficient (Wildman–Crippen LogP) is 8.83. The first-order chi connectivity index (χ1) is 22.1. The topological polar surface area (TPSA) is 13.1 Å². The predicted molar refractivity (Wildman–Crippen MR) is 191 cm³/mol. The van der Waals surface area contributed by atoms with E-state index in [0.717, 1.165) is 12.1 Å². The van der Waals surface area contributed by atoms with E-state index in [-0.39, 0.29) is 18.5 Å². The smallest absolute Gasteiger partial charge is 0.289 e. The van der Waals surface area contributed by atoms with Crippen molar-refractivity contribution < 1.29 is 4.42 Å². The third-order valence-corrected chi connectivity index (χ3v) is 11.1. The number of aryl methyl sites for hydroxylation is 1. The van der Waals surface area contributed by atoms with Gasteiger partial charge < -0.3 is 4.42 Å². The van der Waals surface area contributed by atoms with E-state index in [1.165, 1.54) is 76.0 Å². The van der Waals surface area contributed by atoms with E-state index >= 15 is 0 Å². The van der Waals surface area contributed by atoms with Crippen molar-refractivity contribution in [3.05, 3.63) is 179 Å². The SMILES string of the molecule is C=C1c2cc(C)cc3c2B(c2cc4cc(-c5ccccc5)sc4cc2C1Cc1ccccc1)c1occc1C3c1ccccc1. The van der Waals surface area contributed by atoms with Crippen LogP contribution in [0.1, 0.15) is 50.8 Å². The Morgan fingerprint density at radius 3 is 2.27 bits per heavy atom. The van der Waals surface area contributed by atoms with Crippen molar-refractivity contribution in [1.82, 2.24) is 0 Å². The summed E-state index contributed by atoms with van der Waals surface area (Å²) < 4.78 is 7.87. The molecule has 2 aromatic heterocycles. The van der Waals surface area contributed by atoms with Crippen LogP contribution in [0.2, 0.25) is 0 Å². The van der Waals surface area contributed by atoms with Crippen LogP contribution in [0.3, 0.4) is 0 Å². The quantitative estimate of drug-likeness (QED) is 0.186. The Labute approximate surface area is 268 Å². The van der Waals surface area contributed by atoms with Crippen LogP contribution < -0.4 is 16.6 Å². The molecule has 4 heterocycles. The minimum absolute atomic E-state index is 0.00226. The van der Waals surface area contributed by atoms with Crippen molar-refractivity contribution in [2.45, 2.75) is 25.2 Å². The highest BCUT2D eigenvalue weighted by molar-refractivity contribution is 7.22. The molecular formula is C42H31BOS. The van der Waals surface area contributed by atoms with E-state index in [9.17, 15) is 0 Å². The van der Waals surface area contributed by atoms with Crippen molar-refractivity contribution in [3.8, 4) is 10.4 Å². The third kappa shape index (κ3) is 4.22. The normalized spacial score (nSPS) is 16.6. The number of hydrogen-bond donors (Lipinski definition) is 0. The molecule has 0 amide bonds. The summed E-state index contributed by atoms with van der Waals surface area (Å²) in [5, 5.41) is 1.29. The molecular weight excluding hydrogens is 563 g/mol. The number of furan rings is 1. The molecule has 0 fully saturated rings. The minimum atomic E-state index is -0.00226. The first-order valence-corrected chi connectivity index (χ1v) is 16.6. The van der Waals surface area contributed by atoms with Gasteiger partial charge in [0.25, 0.3) is 6.71 Å². The maximum Gasteiger partial charge on any atom is 0.289 e. The van der Waals surface area contributed by atoms with Crippen LogP contribution in [-0.4, -0.2) is 6.71 Å². The fraction of sp³-hybridized carbons (Fsp3) is 0.0952. The molecule has 45 heavy (non-hydrogen) atoms. The molecule has 3 heteroatoms. The van der Waals surface area contributed by atoms with Gasteiger partial charge in [0.05, 0.1) is 11.9 Å². The van der Waals surface area contributed by atoms with Gasteiger partial charge in [-0.05, 0) is 81.4 Å². The zero-order valence-electron chi connectivity index (χ0n) is 25.2. The summed E-state index contributed by atoms with van der Waals surface area (Å²) in [5.74, 6) is 0.250. The summed E-state index contributed by atoms with van der Waals surface area (Å²) >= 11 is 1.88. The van der Waals surface area contributed by atoms with Crippen LogP contribution in [0.15, 0.2) is 145 Å². The van der Waals surface area contributed by atoms with Crippen LogP contribution in [0.5, 0.6) is 0 Å². The Kier molecular flexibility index (Phi) is 6.11. The summed E-state index contributed by atoms with van der Waals surface area (Å²) in [4.78, 5) is 1.30. The first-order valence-electron chi connectivity index (χ1n) is 15.8. The van der Waals surface area contributed by atoms with Crippen LogP contribution in [0.25, 0.3) is 26.1 Å². The fourth-order valence-electron chi connectivity index (χ4n) is 7.93. The van der Waals surface area contributed by atoms with Gasteiger partial charge in [0.2, 0.25) is 0 Å². The first kappa shape index (κ1) is 26.5. The maximum absolute atomic E-state index is 6.55. The van der Waals surface area contributed by atoms with Gasteiger partial charge in [-0.1, -0.05) is 132 Å². The van der Waals surface area contributed by atoms with Gasteiger partial charge in [-0.25, -0.2) is 0 Å². The standard InChI is InChI=1S/C42H31BOS/c1-26-20-34-27(2)33(22-28-12-6-3-7-13-28)35-25-39-31(24-38(45-39)29-14-8-4-9-15-29)23-37(35)43-41(34)36(21-26)40(30-16-10-5-11-17-30)32-18-19-44-42(32)43/h3-21,23-25,33,40H,2,22H2,1H3. The lowest BCUT2D eigenvalue weighted by Crippen LogP contribution is -2.58. The van der Waals surface area contributed by atoms with Crippen molar-refractivity contribution in [2.75, 3.05) is 0 Å². The number of thiophene rings is 1. The second-order valence-electron chi connectivity index (χ2n) is 12.6. The Morgan fingerprint density at radius 1 is 0.756 bits per heavy atom. The molecule has 7 aromatic rings. The highest BCUT2D eigenvalue weighted by Gasteiger charge is 2.45. The number of benzene rings is 5. The van der Waals surface area contributed by atoms with Crippen molar-refractivity contribution >= 4 is 50.3 Å². The second kappa shape index (κ2) is 10.4. The number of fused-ring (bicyclic) bond motifs is 5.